The van der Waals surface area contributed by atoms with Crippen molar-refractivity contribution in [2.45, 2.75) is 19.1 Å². The maximum Gasteiger partial charge on any atom is 0.322 e. The summed E-state index contributed by atoms with van der Waals surface area (Å²) in [6.45, 7) is 2.72. The number of morpholine rings is 1. The maximum absolute atomic E-state index is 12.8. The first-order valence-corrected chi connectivity index (χ1v) is 8.56. The lowest BCUT2D eigenvalue weighted by atomic mass is 10.1. The van der Waals surface area contributed by atoms with Crippen LogP contribution in [0.5, 0.6) is 5.75 Å². The van der Waals surface area contributed by atoms with Gasteiger partial charge in [0.1, 0.15) is 11.9 Å². The highest BCUT2D eigenvalue weighted by Gasteiger charge is 2.30. The number of nitrogens with zero attached hydrogens (tertiary/aromatic N) is 2. The molecule has 0 aromatic heterocycles. The van der Waals surface area contributed by atoms with Gasteiger partial charge in [-0.15, -0.1) is 0 Å². The summed E-state index contributed by atoms with van der Waals surface area (Å²) in [5, 5.41) is 13.7. The first kappa shape index (κ1) is 18.7. The maximum atomic E-state index is 12.8. The van der Waals surface area contributed by atoms with E-state index < -0.39 is 4.92 Å². The van der Waals surface area contributed by atoms with Crippen LogP contribution in [0.1, 0.15) is 18.6 Å². The zero-order chi connectivity index (χ0) is 19.4. The molecule has 2 aromatic carbocycles. The van der Waals surface area contributed by atoms with Crippen molar-refractivity contribution in [3.8, 4) is 5.75 Å². The highest BCUT2D eigenvalue weighted by atomic mass is 16.6. The number of nitrogens with one attached hydrogen (secondary N) is 1. The quantitative estimate of drug-likeness (QED) is 0.655. The number of hydrogen-bond acceptors (Lipinski definition) is 5. The Morgan fingerprint density at radius 2 is 2.00 bits per heavy atom. The van der Waals surface area contributed by atoms with E-state index in [9.17, 15) is 14.9 Å². The number of ether oxygens (including phenoxy) is 2. The van der Waals surface area contributed by atoms with Crippen molar-refractivity contribution < 1.29 is 19.2 Å². The number of nitro benzene ring substituents is 1. The fraction of sp³-hybridized carbons (Fsp3) is 0.316. The van der Waals surface area contributed by atoms with E-state index in [-0.39, 0.29) is 29.6 Å². The van der Waals surface area contributed by atoms with Crippen molar-refractivity contribution in [3.63, 3.8) is 0 Å². The van der Waals surface area contributed by atoms with Crippen LogP contribution >= 0.6 is 0 Å². The van der Waals surface area contributed by atoms with Crippen molar-refractivity contribution in [3.05, 3.63) is 64.2 Å². The Morgan fingerprint density at radius 3 is 2.67 bits per heavy atom. The molecule has 8 heteroatoms. The molecule has 1 aliphatic heterocycles. The molecule has 0 saturated carbocycles. The van der Waals surface area contributed by atoms with Crippen LogP contribution in [0.15, 0.2) is 48.5 Å². The molecule has 1 heterocycles. The highest BCUT2D eigenvalue weighted by Crippen LogP contribution is 2.30. The zero-order valence-corrected chi connectivity index (χ0v) is 15.1. The first-order valence-electron chi connectivity index (χ1n) is 8.56. The molecule has 27 heavy (non-hydrogen) atoms. The van der Waals surface area contributed by atoms with Crippen LogP contribution in [-0.2, 0) is 4.74 Å². The third-order valence-corrected chi connectivity index (χ3v) is 4.35. The molecular weight excluding hydrogens is 350 g/mol. The first-order chi connectivity index (χ1) is 13.0. The van der Waals surface area contributed by atoms with Crippen molar-refractivity contribution >= 4 is 17.4 Å². The molecule has 1 saturated heterocycles. The second-order valence-corrected chi connectivity index (χ2v) is 6.32. The molecule has 2 aromatic rings. The van der Waals surface area contributed by atoms with Crippen LogP contribution in [-0.4, -0.2) is 42.2 Å². The molecule has 0 unspecified atom stereocenters. The lowest BCUT2D eigenvalue weighted by Crippen LogP contribution is -2.47. The van der Waals surface area contributed by atoms with Gasteiger partial charge in [0.2, 0.25) is 0 Å². The van der Waals surface area contributed by atoms with E-state index in [1.807, 2.05) is 37.3 Å². The standard InChI is InChI=1S/C19H21N3O5/c1-13-11-21(12-18(27-13)14-6-4-3-5-7-14)19(23)20-16-10-15(22(24)25)8-9-17(16)26-2/h3-10,13,18H,11-12H2,1-2H3,(H,20,23)/t13-,18-/m0/s1. The molecule has 0 radical (unpaired) electrons. The topological polar surface area (TPSA) is 93.9 Å². The summed E-state index contributed by atoms with van der Waals surface area (Å²) in [5.41, 5.74) is 1.13. The average Bonchev–Trinajstić information content (AvgIpc) is 2.68. The minimum atomic E-state index is -0.517. The third-order valence-electron chi connectivity index (χ3n) is 4.35. The predicted molar refractivity (Wildman–Crippen MR) is 100.0 cm³/mol. The van der Waals surface area contributed by atoms with E-state index >= 15 is 0 Å². The van der Waals surface area contributed by atoms with E-state index in [0.29, 0.717) is 18.8 Å². The molecule has 8 nitrogen and oxygen atoms in total. The molecule has 0 aliphatic carbocycles. The Labute approximate surface area is 156 Å². The number of urea groups is 1. The summed E-state index contributed by atoms with van der Waals surface area (Å²) < 4.78 is 11.2. The number of non-ortho nitro benzene ring substituents is 1. The van der Waals surface area contributed by atoms with Crippen molar-refractivity contribution in [2.75, 3.05) is 25.5 Å². The Balaban J connectivity index is 1.77. The van der Waals surface area contributed by atoms with Gasteiger partial charge in [-0.1, -0.05) is 30.3 Å². The average molecular weight is 371 g/mol. The van der Waals surface area contributed by atoms with E-state index in [4.69, 9.17) is 9.47 Å². The summed E-state index contributed by atoms with van der Waals surface area (Å²) in [5.74, 6) is 0.356. The van der Waals surface area contributed by atoms with E-state index in [1.54, 1.807) is 4.90 Å². The summed E-state index contributed by atoms with van der Waals surface area (Å²) in [7, 11) is 1.44. The molecule has 1 fully saturated rings. The number of hydrogen-bond donors (Lipinski definition) is 1. The van der Waals surface area contributed by atoms with Gasteiger partial charge < -0.3 is 19.7 Å². The number of rotatable bonds is 4. The third kappa shape index (κ3) is 4.35. The minimum Gasteiger partial charge on any atom is -0.495 e. The molecule has 142 valence electrons. The van der Waals surface area contributed by atoms with Crippen LogP contribution in [0.25, 0.3) is 0 Å². The Kier molecular flexibility index (Phi) is 5.56. The van der Waals surface area contributed by atoms with E-state index in [0.717, 1.165) is 5.56 Å². The second kappa shape index (κ2) is 8.05. The number of anilines is 1. The number of carbonyl (C=O) groups excluding carboxylic acids is 1. The van der Waals surface area contributed by atoms with Crippen LogP contribution in [0, 0.1) is 10.1 Å². The van der Waals surface area contributed by atoms with Crippen LogP contribution in [0.3, 0.4) is 0 Å². The molecule has 0 spiro atoms. The molecule has 2 amide bonds. The van der Waals surface area contributed by atoms with Gasteiger partial charge in [-0.3, -0.25) is 10.1 Å². The van der Waals surface area contributed by atoms with Crippen molar-refractivity contribution in [2.24, 2.45) is 0 Å². The molecule has 1 aliphatic rings. The smallest absolute Gasteiger partial charge is 0.322 e. The SMILES string of the molecule is COc1ccc([N+](=O)[O-])cc1NC(=O)N1C[C@@H](c2ccccc2)O[C@@H](C)C1. The van der Waals surface area contributed by atoms with Gasteiger partial charge in [0.25, 0.3) is 5.69 Å². The Hall–Kier alpha value is -3.13. The van der Waals surface area contributed by atoms with Gasteiger partial charge >= 0.3 is 6.03 Å². The molecule has 1 N–H and O–H groups in total. The van der Waals surface area contributed by atoms with Gasteiger partial charge in [-0.05, 0) is 18.6 Å². The number of methoxy groups -OCH3 is 1. The Morgan fingerprint density at radius 1 is 1.26 bits per heavy atom. The van der Waals surface area contributed by atoms with E-state index in [2.05, 4.69) is 5.32 Å². The summed E-state index contributed by atoms with van der Waals surface area (Å²) >= 11 is 0. The van der Waals surface area contributed by atoms with Crippen LogP contribution < -0.4 is 10.1 Å². The van der Waals surface area contributed by atoms with Gasteiger partial charge in [0.05, 0.1) is 30.4 Å². The molecule has 0 bridgehead atoms. The predicted octanol–water partition coefficient (Wildman–Crippen LogP) is 3.60. The lowest BCUT2D eigenvalue weighted by molar-refractivity contribution is -0.384. The zero-order valence-electron chi connectivity index (χ0n) is 15.1. The fourth-order valence-corrected chi connectivity index (χ4v) is 3.07. The van der Waals surface area contributed by atoms with Gasteiger partial charge in [0, 0.05) is 18.7 Å². The molecule has 2 atom stereocenters. The second-order valence-electron chi connectivity index (χ2n) is 6.32. The minimum absolute atomic E-state index is 0.122. The Bertz CT molecular complexity index is 827. The fourth-order valence-electron chi connectivity index (χ4n) is 3.07. The summed E-state index contributed by atoms with van der Waals surface area (Å²) in [6, 6.07) is 13.4. The van der Waals surface area contributed by atoms with Gasteiger partial charge in [0.15, 0.2) is 0 Å². The summed E-state index contributed by atoms with van der Waals surface area (Å²) in [6.07, 6.45) is -0.366. The number of amides is 2. The van der Waals surface area contributed by atoms with E-state index in [1.165, 1.54) is 25.3 Å². The molecular formula is C19H21N3O5. The largest absolute Gasteiger partial charge is 0.495 e. The van der Waals surface area contributed by atoms with Crippen molar-refractivity contribution in [1.29, 1.82) is 0 Å². The highest BCUT2D eigenvalue weighted by molar-refractivity contribution is 5.91. The van der Waals surface area contributed by atoms with Gasteiger partial charge in [-0.25, -0.2) is 4.79 Å². The molecule has 3 rings (SSSR count). The lowest BCUT2D eigenvalue weighted by Gasteiger charge is -2.37. The van der Waals surface area contributed by atoms with Crippen LogP contribution in [0.4, 0.5) is 16.2 Å². The monoisotopic (exact) mass is 371 g/mol. The summed E-state index contributed by atoms with van der Waals surface area (Å²) in [4.78, 5) is 24.9. The normalized spacial score (nSPS) is 19.4. The van der Waals surface area contributed by atoms with Crippen molar-refractivity contribution in [1.82, 2.24) is 4.90 Å². The number of benzene rings is 2. The number of nitro groups is 1. The van der Waals surface area contributed by atoms with Gasteiger partial charge in [-0.2, -0.15) is 0 Å². The number of carbonyl (C=O) groups is 1. The van der Waals surface area contributed by atoms with Crippen LogP contribution in [0.2, 0.25) is 0 Å².